The lowest BCUT2D eigenvalue weighted by molar-refractivity contribution is -0.0456. The first-order valence-electron chi connectivity index (χ1n) is 10.4. The zero-order valence-corrected chi connectivity index (χ0v) is 18.8. The molecule has 164 valence electrons. The third kappa shape index (κ3) is 5.63. The first kappa shape index (κ1) is 22.3. The SMILES string of the molecule is COc1cc(CCC2CCN(S(=O)(=O)N3C[C@@H](C)O[C@H](C)C3)CC2)cc(OC)c1. The quantitative estimate of drug-likeness (QED) is 0.671. The van der Waals surface area contributed by atoms with E-state index in [0.717, 1.165) is 37.2 Å². The lowest BCUT2D eigenvalue weighted by Crippen LogP contribution is -2.54. The van der Waals surface area contributed by atoms with Gasteiger partial charge in [-0.1, -0.05) is 0 Å². The molecule has 2 heterocycles. The molecule has 1 aromatic rings. The van der Waals surface area contributed by atoms with Crippen LogP contribution in [0.15, 0.2) is 18.2 Å². The highest BCUT2D eigenvalue weighted by Crippen LogP contribution is 2.28. The molecule has 0 aromatic heterocycles. The number of methoxy groups -OCH3 is 2. The van der Waals surface area contributed by atoms with Crippen LogP contribution in [0.25, 0.3) is 0 Å². The van der Waals surface area contributed by atoms with Crippen molar-refractivity contribution in [1.29, 1.82) is 0 Å². The summed E-state index contributed by atoms with van der Waals surface area (Å²) < 4.78 is 45.7. The monoisotopic (exact) mass is 426 g/mol. The molecule has 7 nitrogen and oxygen atoms in total. The fraction of sp³-hybridized carbons (Fsp3) is 0.714. The standard InChI is InChI=1S/C21H34N2O5S/c1-16-14-23(15-17(2)28-16)29(24,25)22-9-7-18(8-10-22)5-6-19-11-20(26-3)13-21(12-19)27-4/h11-13,16-18H,5-10,14-15H2,1-4H3/t16-,17-/m1/s1. The number of hydrogen-bond donors (Lipinski definition) is 0. The van der Waals surface area contributed by atoms with Gasteiger partial charge in [-0.15, -0.1) is 0 Å². The number of ether oxygens (including phenoxy) is 3. The Balaban J connectivity index is 1.53. The minimum absolute atomic E-state index is 0.0640. The Morgan fingerprint density at radius 3 is 2.03 bits per heavy atom. The van der Waals surface area contributed by atoms with E-state index in [-0.39, 0.29) is 12.2 Å². The summed E-state index contributed by atoms with van der Waals surface area (Å²) in [5.74, 6) is 2.13. The molecule has 0 amide bonds. The molecule has 2 saturated heterocycles. The van der Waals surface area contributed by atoms with Crippen LogP contribution in [-0.2, 0) is 21.4 Å². The Hall–Kier alpha value is -1.35. The fourth-order valence-corrected chi connectivity index (χ4v) is 6.09. The van der Waals surface area contributed by atoms with Gasteiger partial charge in [0.1, 0.15) is 11.5 Å². The van der Waals surface area contributed by atoms with E-state index in [1.54, 1.807) is 22.8 Å². The van der Waals surface area contributed by atoms with E-state index < -0.39 is 10.2 Å². The zero-order chi connectivity index (χ0) is 21.0. The third-order valence-corrected chi connectivity index (χ3v) is 7.83. The summed E-state index contributed by atoms with van der Waals surface area (Å²) in [7, 11) is -0.0910. The van der Waals surface area contributed by atoms with E-state index in [4.69, 9.17) is 14.2 Å². The van der Waals surface area contributed by atoms with Crippen LogP contribution in [0.5, 0.6) is 11.5 Å². The van der Waals surface area contributed by atoms with Crippen LogP contribution >= 0.6 is 0 Å². The van der Waals surface area contributed by atoms with Crippen molar-refractivity contribution < 1.29 is 22.6 Å². The van der Waals surface area contributed by atoms with Gasteiger partial charge >= 0.3 is 0 Å². The van der Waals surface area contributed by atoms with E-state index in [1.165, 1.54) is 5.56 Å². The van der Waals surface area contributed by atoms with E-state index in [2.05, 4.69) is 0 Å². The molecule has 1 aromatic carbocycles. The van der Waals surface area contributed by atoms with Crippen LogP contribution in [0.4, 0.5) is 0 Å². The van der Waals surface area contributed by atoms with Gasteiger partial charge < -0.3 is 14.2 Å². The van der Waals surface area contributed by atoms with Gasteiger partial charge in [-0.25, -0.2) is 0 Å². The zero-order valence-electron chi connectivity index (χ0n) is 18.0. The summed E-state index contributed by atoms with van der Waals surface area (Å²) >= 11 is 0. The highest BCUT2D eigenvalue weighted by molar-refractivity contribution is 7.86. The Morgan fingerprint density at radius 1 is 0.966 bits per heavy atom. The molecule has 2 aliphatic rings. The van der Waals surface area contributed by atoms with Crippen LogP contribution in [0.2, 0.25) is 0 Å². The normalized spacial score (nSPS) is 25.1. The van der Waals surface area contributed by atoms with E-state index in [9.17, 15) is 8.42 Å². The molecule has 0 N–H and O–H groups in total. The predicted octanol–water partition coefficient (Wildman–Crippen LogP) is 2.70. The van der Waals surface area contributed by atoms with Gasteiger partial charge in [0.05, 0.1) is 26.4 Å². The van der Waals surface area contributed by atoms with E-state index in [1.807, 2.05) is 32.0 Å². The van der Waals surface area contributed by atoms with Crippen LogP contribution in [0, 0.1) is 5.92 Å². The highest BCUT2D eigenvalue weighted by Gasteiger charge is 2.36. The van der Waals surface area contributed by atoms with Gasteiger partial charge in [0.25, 0.3) is 10.2 Å². The lowest BCUT2D eigenvalue weighted by atomic mass is 9.91. The van der Waals surface area contributed by atoms with Crippen molar-refractivity contribution in [2.24, 2.45) is 5.92 Å². The van der Waals surface area contributed by atoms with Crippen molar-refractivity contribution in [2.75, 3.05) is 40.4 Å². The number of benzene rings is 1. The van der Waals surface area contributed by atoms with Gasteiger partial charge in [0.15, 0.2) is 0 Å². The number of hydrogen-bond acceptors (Lipinski definition) is 5. The molecule has 0 unspecified atom stereocenters. The molecule has 2 atom stereocenters. The molecular weight excluding hydrogens is 392 g/mol. The molecule has 2 fully saturated rings. The number of morpholine rings is 1. The Bertz CT molecular complexity index is 745. The summed E-state index contributed by atoms with van der Waals surface area (Å²) in [6, 6.07) is 5.96. The number of rotatable bonds is 7. The minimum Gasteiger partial charge on any atom is -0.497 e. The Kier molecular flexibility index (Phi) is 7.42. The van der Waals surface area contributed by atoms with Gasteiger partial charge in [-0.3, -0.25) is 0 Å². The predicted molar refractivity (Wildman–Crippen MR) is 113 cm³/mol. The average Bonchev–Trinajstić information content (AvgIpc) is 2.71. The van der Waals surface area contributed by atoms with Crippen LogP contribution in [0.3, 0.4) is 0 Å². The van der Waals surface area contributed by atoms with Crippen molar-refractivity contribution in [1.82, 2.24) is 8.61 Å². The van der Waals surface area contributed by atoms with Gasteiger partial charge in [0.2, 0.25) is 0 Å². The minimum atomic E-state index is -3.41. The van der Waals surface area contributed by atoms with E-state index >= 15 is 0 Å². The number of nitrogens with zero attached hydrogens (tertiary/aromatic N) is 2. The molecule has 0 spiro atoms. The first-order chi connectivity index (χ1) is 13.8. The third-order valence-electron chi connectivity index (χ3n) is 5.86. The van der Waals surface area contributed by atoms with Crippen molar-refractivity contribution in [2.45, 2.75) is 51.7 Å². The van der Waals surface area contributed by atoms with Crippen LogP contribution in [-0.4, -0.2) is 69.6 Å². The van der Waals surface area contributed by atoms with E-state index in [0.29, 0.717) is 32.1 Å². The molecule has 2 aliphatic heterocycles. The van der Waals surface area contributed by atoms with Crippen molar-refractivity contribution in [3.8, 4) is 11.5 Å². The van der Waals surface area contributed by atoms with Gasteiger partial charge in [-0.2, -0.15) is 17.0 Å². The van der Waals surface area contributed by atoms with Crippen LogP contribution < -0.4 is 9.47 Å². The average molecular weight is 427 g/mol. The van der Waals surface area contributed by atoms with Crippen molar-refractivity contribution >= 4 is 10.2 Å². The summed E-state index contributed by atoms with van der Waals surface area (Å²) in [5, 5.41) is 0. The number of aryl methyl sites for hydroxylation is 1. The molecule has 8 heteroatoms. The second-order valence-electron chi connectivity index (χ2n) is 8.18. The second kappa shape index (κ2) is 9.64. The summed E-state index contributed by atoms with van der Waals surface area (Å²) in [4.78, 5) is 0. The summed E-state index contributed by atoms with van der Waals surface area (Å²) in [5.41, 5.74) is 1.19. The molecule has 3 rings (SSSR count). The van der Waals surface area contributed by atoms with Gasteiger partial charge in [-0.05, 0) is 63.1 Å². The fourth-order valence-electron chi connectivity index (χ4n) is 4.29. The summed E-state index contributed by atoms with van der Waals surface area (Å²) in [6.07, 6.45) is 3.64. The smallest absolute Gasteiger partial charge is 0.282 e. The molecule has 0 aliphatic carbocycles. The molecular formula is C21H34N2O5S. The molecule has 29 heavy (non-hydrogen) atoms. The maximum Gasteiger partial charge on any atom is 0.282 e. The molecule has 0 saturated carbocycles. The summed E-state index contributed by atoms with van der Waals surface area (Å²) in [6.45, 7) is 5.91. The maximum absolute atomic E-state index is 13.0. The topological polar surface area (TPSA) is 68.3 Å². The highest BCUT2D eigenvalue weighted by atomic mass is 32.2. The maximum atomic E-state index is 13.0. The van der Waals surface area contributed by atoms with Gasteiger partial charge in [0, 0.05) is 32.2 Å². The van der Waals surface area contributed by atoms with Crippen LogP contribution in [0.1, 0.15) is 38.7 Å². The second-order valence-corrected chi connectivity index (χ2v) is 10.1. The van der Waals surface area contributed by atoms with Crippen molar-refractivity contribution in [3.05, 3.63) is 23.8 Å². The number of piperidine rings is 1. The molecule has 0 radical (unpaired) electrons. The molecule has 0 bridgehead atoms. The Morgan fingerprint density at radius 2 is 1.52 bits per heavy atom. The Labute approximate surface area is 175 Å². The largest absolute Gasteiger partial charge is 0.497 e. The first-order valence-corrected chi connectivity index (χ1v) is 11.8. The van der Waals surface area contributed by atoms with Crippen molar-refractivity contribution in [3.63, 3.8) is 0 Å². The lowest BCUT2D eigenvalue weighted by Gasteiger charge is -2.39.